The second kappa shape index (κ2) is 8.77. The number of β-amino-alcohol motifs (C(OH)–C–C–N with tert-alkyl or cyclic N) is 1. The number of amides is 1. The number of nitrogens with zero attached hydrogens (tertiary/aromatic N) is 2. The summed E-state index contributed by atoms with van der Waals surface area (Å²) in [6.45, 7) is 0.766. The number of likely N-dealkylation sites (N-methyl/N-ethyl adjacent to an activating group) is 1. The lowest BCUT2D eigenvalue weighted by Gasteiger charge is -2.24. The highest BCUT2D eigenvalue weighted by atomic mass is 16.5. The van der Waals surface area contributed by atoms with Crippen molar-refractivity contribution in [1.29, 1.82) is 0 Å². The summed E-state index contributed by atoms with van der Waals surface area (Å²) in [4.78, 5) is 26.0. The first-order valence-corrected chi connectivity index (χ1v) is 7.97. The van der Waals surface area contributed by atoms with E-state index < -0.39 is 12.1 Å². The minimum atomic E-state index is -0.960. The summed E-state index contributed by atoms with van der Waals surface area (Å²) in [6.07, 6.45) is -0.0108. The Kier molecular flexibility index (Phi) is 6.72. The molecule has 7 nitrogen and oxygen atoms in total. The van der Waals surface area contributed by atoms with E-state index in [-0.39, 0.29) is 31.6 Å². The number of aliphatic carboxylic acids is 1. The Labute approximate surface area is 141 Å². The van der Waals surface area contributed by atoms with E-state index in [1.165, 1.54) is 4.90 Å². The summed E-state index contributed by atoms with van der Waals surface area (Å²) in [7, 11) is 1.63. The SMILES string of the molecule is CN(CC(=O)O)[C@@H]1CN(C(=O)COCCc2ccccc2)C[C@H]1O. The Hall–Kier alpha value is -1.96. The van der Waals surface area contributed by atoms with Gasteiger partial charge < -0.3 is 19.8 Å². The third kappa shape index (κ3) is 5.30. The number of carboxylic acid groups (broad SMARTS) is 1. The van der Waals surface area contributed by atoms with Gasteiger partial charge in [0.15, 0.2) is 0 Å². The first kappa shape index (κ1) is 18.4. The van der Waals surface area contributed by atoms with Crippen LogP contribution in [-0.4, -0.2) is 83.9 Å². The zero-order valence-corrected chi connectivity index (χ0v) is 13.8. The van der Waals surface area contributed by atoms with Crippen LogP contribution in [0.1, 0.15) is 5.56 Å². The number of hydrogen-bond donors (Lipinski definition) is 2. The molecule has 1 saturated heterocycles. The fraction of sp³-hybridized carbons (Fsp3) is 0.529. The number of carbonyl (C=O) groups excluding carboxylic acids is 1. The number of ether oxygens (including phenoxy) is 1. The monoisotopic (exact) mass is 336 g/mol. The number of carbonyl (C=O) groups is 2. The summed E-state index contributed by atoms with van der Waals surface area (Å²) in [5.41, 5.74) is 1.15. The average Bonchev–Trinajstić information content (AvgIpc) is 2.94. The van der Waals surface area contributed by atoms with E-state index in [4.69, 9.17) is 9.84 Å². The maximum atomic E-state index is 12.1. The Morgan fingerprint density at radius 1 is 1.29 bits per heavy atom. The fourth-order valence-electron chi connectivity index (χ4n) is 2.82. The average molecular weight is 336 g/mol. The molecule has 0 bridgehead atoms. The molecule has 2 rings (SSSR count). The van der Waals surface area contributed by atoms with Crippen LogP contribution in [0.15, 0.2) is 30.3 Å². The minimum Gasteiger partial charge on any atom is -0.480 e. The van der Waals surface area contributed by atoms with E-state index in [0.29, 0.717) is 13.2 Å². The predicted molar refractivity (Wildman–Crippen MR) is 87.6 cm³/mol. The van der Waals surface area contributed by atoms with Gasteiger partial charge in [0.2, 0.25) is 5.91 Å². The predicted octanol–water partition coefficient (Wildman–Crippen LogP) is -0.166. The van der Waals surface area contributed by atoms with Gasteiger partial charge in [0.1, 0.15) is 6.61 Å². The van der Waals surface area contributed by atoms with Crippen LogP contribution in [0, 0.1) is 0 Å². The third-order valence-electron chi connectivity index (χ3n) is 4.17. The van der Waals surface area contributed by atoms with Gasteiger partial charge in [0, 0.05) is 13.1 Å². The lowest BCUT2D eigenvalue weighted by molar-refractivity contribution is -0.138. The summed E-state index contributed by atoms with van der Waals surface area (Å²) in [6, 6.07) is 9.51. The van der Waals surface area contributed by atoms with Crippen LogP contribution in [0.25, 0.3) is 0 Å². The van der Waals surface area contributed by atoms with Gasteiger partial charge in [-0.15, -0.1) is 0 Å². The Bertz CT molecular complexity index is 551. The maximum Gasteiger partial charge on any atom is 0.317 e. The highest BCUT2D eigenvalue weighted by Crippen LogP contribution is 2.15. The fourth-order valence-corrected chi connectivity index (χ4v) is 2.82. The second-order valence-corrected chi connectivity index (χ2v) is 6.03. The highest BCUT2D eigenvalue weighted by molar-refractivity contribution is 5.78. The maximum absolute atomic E-state index is 12.1. The van der Waals surface area contributed by atoms with Crippen LogP contribution in [0.2, 0.25) is 0 Å². The van der Waals surface area contributed by atoms with Crippen molar-refractivity contribution >= 4 is 11.9 Å². The molecule has 0 aromatic heterocycles. The van der Waals surface area contributed by atoms with E-state index in [1.54, 1.807) is 11.9 Å². The standard InChI is InChI=1S/C17H24N2O5/c1-18(11-17(22)23)14-9-19(10-15(14)20)16(21)12-24-8-7-13-5-3-2-4-6-13/h2-6,14-15,20H,7-12H2,1H3,(H,22,23)/t14-,15-/m1/s1. The number of rotatable bonds is 8. The summed E-state index contributed by atoms with van der Waals surface area (Å²) < 4.78 is 5.43. The van der Waals surface area contributed by atoms with Crippen molar-refractivity contribution in [2.75, 3.05) is 39.9 Å². The third-order valence-corrected chi connectivity index (χ3v) is 4.17. The molecule has 1 aromatic rings. The van der Waals surface area contributed by atoms with E-state index in [9.17, 15) is 14.7 Å². The van der Waals surface area contributed by atoms with E-state index in [0.717, 1.165) is 12.0 Å². The quantitative estimate of drug-likeness (QED) is 0.641. The van der Waals surface area contributed by atoms with Gasteiger partial charge in [-0.1, -0.05) is 30.3 Å². The Morgan fingerprint density at radius 3 is 2.67 bits per heavy atom. The van der Waals surface area contributed by atoms with Crippen LogP contribution in [0.5, 0.6) is 0 Å². The summed E-state index contributed by atoms with van der Waals surface area (Å²) in [5, 5.41) is 18.9. The molecule has 132 valence electrons. The number of aliphatic hydroxyl groups is 1. The highest BCUT2D eigenvalue weighted by Gasteiger charge is 2.36. The molecule has 0 saturated carbocycles. The van der Waals surface area contributed by atoms with Crippen LogP contribution in [0.3, 0.4) is 0 Å². The van der Waals surface area contributed by atoms with Crippen LogP contribution in [-0.2, 0) is 20.7 Å². The Morgan fingerprint density at radius 2 is 2.00 bits per heavy atom. The van der Waals surface area contributed by atoms with Crippen LogP contribution in [0.4, 0.5) is 0 Å². The summed E-state index contributed by atoms with van der Waals surface area (Å²) in [5.74, 6) is -1.15. The molecular weight excluding hydrogens is 312 g/mol. The van der Waals surface area contributed by atoms with Crippen molar-refractivity contribution in [3.63, 3.8) is 0 Å². The molecule has 2 N–H and O–H groups in total. The minimum absolute atomic E-state index is 0.0328. The second-order valence-electron chi connectivity index (χ2n) is 6.03. The topological polar surface area (TPSA) is 90.3 Å². The first-order valence-electron chi connectivity index (χ1n) is 7.97. The van der Waals surface area contributed by atoms with Gasteiger partial charge in [-0.05, 0) is 19.0 Å². The lowest BCUT2D eigenvalue weighted by Crippen LogP contribution is -2.43. The normalized spacial score (nSPS) is 20.5. The molecule has 1 aliphatic rings. The number of carboxylic acids is 1. The lowest BCUT2D eigenvalue weighted by atomic mass is 10.2. The molecular formula is C17H24N2O5. The molecule has 1 aliphatic heterocycles. The van der Waals surface area contributed by atoms with Gasteiger partial charge in [-0.2, -0.15) is 0 Å². The Balaban J connectivity index is 1.72. The van der Waals surface area contributed by atoms with Crippen LogP contribution >= 0.6 is 0 Å². The molecule has 0 unspecified atom stereocenters. The molecule has 0 aliphatic carbocycles. The number of benzene rings is 1. The molecule has 7 heteroatoms. The smallest absolute Gasteiger partial charge is 0.317 e. The molecule has 1 fully saturated rings. The summed E-state index contributed by atoms with van der Waals surface area (Å²) >= 11 is 0. The number of likely N-dealkylation sites (tertiary alicyclic amines) is 1. The molecule has 0 radical (unpaired) electrons. The van der Waals surface area contributed by atoms with Crippen molar-refractivity contribution in [3.8, 4) is 0 Å². The van der Waals surface area contributed by atoms with Gasteiger partial charge in [-0.25, -0.2) is 0 Å². The van der Waals surface area contributed by atoms with Crippen molar-refractivity contribution in [2.24, 2.45) is 0 Å². The van der Waals surface area contributed by atoms with Gasteiger partial charge in [0.25, 0.3) is 0 Å². The van der Waals surface area contributed by atoms with Crippen molar-refractivity contribution in [3.05, 3.63) is 35.9 Å². The molecule has 1 heterocycles. The largest absolute Gasteiger partial charge is 0.480 e. The van der Waals surface area contributed by atoms with Crippen molar-refractivity contribution in [1.82, 2.24) is 9.80 Å². The van der Waals surface area contributed by atoms with Crippen molar-refractivity contribution in [2.45, 2.75) is 18.6 Å². The zero-order valence-electron chi connectivity index (χ0n) is 13.8. The molecule has 1 amide bonds. The van der Waals surface area contributed by atoms with Crippen molar-refractivity contribution < 1.29 is 24.5 Å². The van der Waals surface area contributed by atoms with E-state index >= 15 is 0 Å². The van der Waals surface area contributed by atoms with Crippen LogP contribution < -0.4 is 0 Å². The number of hydrogen-bond acceptors (Lipinski definition) is 5. The van der Waals surface area contributed by atoms with Gasteiger partial charge >= 0.3 is 5.97 Å². The molecule has 24 heavy (non-hydrogen) atoms. The van der Waals surface area contributed by atoms with E-state index in [2.05, 4.69) is 0 Å². The zero-order chi connectivity index (χ0) is 17.5. The molecule has 0 spiro atoms. The first-order chi connectivity index (χ1) is 11.5. The van der Waals surface area contributed by atoms with Gasteiger partial charge in [0.05, 0.1) is 25.3 Å². The molecule has 2 atom stereocenters. The number of aliphatic hydroxyl groups excluding tert-OH is 1. The van der Waals surface area contributed by atoms with Gasteiger partial charge in [-0.3, -0.25) is 14.5 Å². The van der Waals surface area contributed by atoms with E-state index in [1.807, 2.05) is 30.3 Å². The molecule has 1 aromatic carbocycles.